The van der Waals surface area contributed by atoms with Crippen LogP contribution < -0.4 is 9.80 Å². The van der Waals surface area contributed by atoms with Crippen molar-refractivity contribution in [3.8, 4) is 11.4 Å². The molecule has 4 heterocycles. The molecular weight excluding hydrogens is 596 g/mol. The van der Waals surface area contributed by atoms with Gasteiger partial charge in [0.1, 0.15) is 16.9 Å². The highest BCUT2D eigenvalue weighted by Crippen LogP contribution is 2.41. The molecule has 1 amide bonds. The minimum atomic E-state index is -0.578. The number of piperazine rings is 1. The Morgan fingerprint density at radius 1 is 0.978 bits per heavy atom. The van der Waals surface area contributed by atoms with Gasteiger partial charge in [-0.1, -0.05) is 41.9 Å². The molecule has 0 bridgehead atoms. The van der Waals surface area contributed by atoms with E-state index in [9.17, 15) is 9.59 Å². The molecule has 3 aliphatic rings. The number of ether oxygens (including phenoxy) is 3. The second-order valence-electron chi connectivity index (χ2n) is 11.5. The number of benzene rings is 2. The fraction of sp³-hybridized carbons (Fsp3) is 0.455. The van der Waals surface area contributed by atoms with Gasteiger partial charge < -0.3 is 28.9 Å². The third-order valence-electron chi connectivity index (χ3n) is 8.61. The van der Waals surface area contributed by atoms with Crippen LogP contribution in [0.5, 0.6) is 0 Å². The van der Waals surface area contributed by atoms with Gasteiger partial charge in [-0.05, 0) is 36.8 Å². The van der Waals surface area contributed by atoms with Crippen LogP contribution in [0.2, 0.25) is 5.15 Å². The van der Waals surface area contributed by atoms with Crippen molar-refractivity contribution in [3.63, 3.8) is 0 Å². The number of amides is 1. The minimum absolute atomic E-state index is 0.0625. The molecule has 0 spiro atoms. The number of hydrogen-bond acceptors (Lipinski definition) is 10. The molecular formula is C33H39ClN6O5. The van der Waals surface area contributed by atoms with E-state index < -0.39 is 5.92 Å². The molecule has 1 unspecified atom stereocenters. The van der Waals surface area contributed by atoms with Crippen LogP contribution in [0.4, 0.5) is 16.3 Å². The second kappa shape index (κ2) is 14.0. The van der Waals surface area contributed by atoms with E-state index in [0.29, 0.717) is 56.6 Å². The van der Waals surface area contributed by atoms with Crippen LogP contribution in [-0.2, 0) is 25.5 Å². The van der Waals surface area contributed by atoms with Gasteiger partial charge in [0.15, 0.2) is 5.82 Å². The summed E-state index contributed by atoms with van der Waals surface area (Å²) in [5.74, 6) is 0.192. The number of morpholine rings is 1. The van der Waals surface area contributed by atoms with Gasteiger partial charge in [-0.3, -0.25) is 9.69 Å². The number of carbonyl (C=O) groups excluding carboxylic acids is 2. The highest BCUT2D eigenvalue weighted by atomic mass is 35.5. The van der Waals surface area contributed by atoms with Gasteiger partial charge in [-0.25, -0.2) is 14.8 Å². The monoisotopic (exact) mass is 634 g/mol. The van der Waals surface area contributed by atoms with Gasteiger partial charge in [0.2, 0.25) is 0 Å². The van der Waals surface area contributed by atoms with Crippen LogP contribution in [-0.4, -0.2) is 111 Å². The molecule has 2 fully saturated rings. The average Bonchev–Trinajstić information content (AvgIpc) is 3.44. The van der Waals surface area contributed by atoms with E-state index in [1.54, 1.807) is 4.90 Å². The summed E-state index contributed by atoms with van der Waals surface area (Å²) in [4.78, 5) is 42.9. The van der Waals surface area contributed by atoms with Gasteiger partial charge in [-0.15, -0.1) is 0 Å². The van der Waals surface area contributed by atoms with E-state index >= 15 is 0 Å². The Balaban J connectivity index is 1.18. The van der Waals surface area contributed by atoms with E-state index in [2.05, 4.69) is 43.9 Å². The van der Waals surface area contributed by atoms with Gasteiger partial charge in [0, 0.05) is 75.7 Å². The number of methoxy groups -OCH3 is 1. The largest absolute Gasteiger partial charge is 0.468 e. The Labute approximate surface area is 268 Å². The maximum Gasteiger partial charge on any atom is 0.409 e. The summed E-state index contributed by atoms with van der Waals surface area (Å²) in [7, 11) is 1.39. The molecule has 0 radical (unpaired) electrons. The van der Waals surface area contributed by atoms with Gasteiger partial charge in [-0.2, -0.15) is 0 Å². The highest BCUT2D eigenvalue weighted by molar-refractivity contribution is 6.31. The number of esters is 1. The molecule has 2 aromatic carbocycles. The maximum absolute atomic E-state index is 12.8. The van der Waals surface area contributed by atoms with Gasteiger partial charge >= 0.3 is 12.1 Å². The standard InChI is InChI=1S/C33H39ClN6O5/c1-3-44-33(42)39-15-13-38(14-16-39)25-11-9-24(10-12-25)30-35-29(34)28-27(32(41)43-2)22-40(31(28)36-30)21-26-20-37(17-18-45-26)19-23-7-5-4-6-8-23/h4-12,26-27H,3,13-22H2,1-2H3/t26-,27?/m1/s1. The number of nitrogens with zero attached hydrogens (tertiary/aromatic N) is 6. The Morgan fingerprint density at radius 2 is 1.73 bits per heavy atom. The molecule has 45 heavy (non-hydrogen) atoms. The lowest BCUT2D eigenvalue weighted by atomic mass is 10.1. The molecule has 3 aromatic rings. The molecule has 0 N–H and O–H groups in total. The molecule has 6 rings (SSSR count). The van der Waals surface area contributed by atoms with Crippen LogP contribution in [0.25, 0.3) is 11.4 Å². The number of fused-ring (bicyclic) bond motifs is 1. The molecule has 2 saturated heterocycles. The first-order valence-corrected chi connectivity index (χ1v) is 15.9. The van der Waals surface area contributed by atoms with E-state index in [1.165, 1.54) is 12.7 Å². The van der Waals surface area contributed by atoms with Crippen LogP contribution in [0.1, 0.15) is 24.0 Å². The lowest BCUT2D eigenvalue weighted by Gasteiger charge is -2.35. The van der Waals surface area contributed by atoms with Gasteiger partial charge in [0.25, 0.3) is 0 Å². The van der Waals surface area contributed by atoms with Crippen molar-refractivity contribution in [1.82, 2.24) is 19.8 Å². The number of carbonyl (C=O) groups is 2. The van der Waals surface area contributed by atoms with Crippen molar-refractivity contribution < 1.29 is 23.8 Å². The minimum Gasteiger partial charge on any atom is -0.468 e. The van der Waals surface area contributed by atoms with E-state index in [-0.39, 0.29) is 23.3 Å². The third-order valence-corrected chi connectivity index (χ3v) is 8.90. The molecule has 0 aliphatic carbocycles. The van der Waals surface area contributed by atoms with E-state index in [0.717, 1.165) is 44.0 Å². The maximum atomic E-state index is 12.8. The predicted molar refractivity (Wildman–Crippen MR) is 172 cm³/mol. The summed E-state index contributed by atoms with van der Waals surface area (Å²) in [6, 6.07) is 18.5. The Kier molecular flexibility index (Phi) is 9.67. The lowest BCUT2D eigenvalue weighted by Crippen LogP contribution is -2.49. The van der Waals surface area contributed by atoms with Crippen molar-refractivity contribution in [3.05, 3.63) is 70.9 Å². The molecule has 12 heteroatoms. The Hall–Kier alpha value is -3.93. The Bertz CT molecular complexity index is 1480. The lowest BCUT2D eigenvalue weighted by molar-refractivity contribution is -0.142. The van der Waals surface area contributed by atoms with Crippen molar-refractivity contribution in [2.24, 2.45) is 0 Å². The van der Waals surface area contributed by atoms with Crippen LogP contribution in [0.15, 0.2) is 54.6 Å². The zero-order chi connectivity index (χ0) is 31.3. The first-order chi connectivity index (χ1) is 21.9. The van der Waals surface area contributed by atoms with Crippen LogP contribution >= 0.6 is 11.6 Å². The van der Waals surface area contributed by atoms with Crippen molar-refractivity contribution >= 4 is 35.2 Å². The summed E-state index contributed by atoms with van der Waals surface area (Å²) in [6.07, 6.45) is -0.325. The van der Waals surface area contributed by atoms with Crippen molar-refractivity contribution in [1.29, 1.82) is 0 Å². The SMILES string of the molecule is CCOC(=O)N1CCN(c2ccc(-c3nc(Cl)c4c(n3)N(C[C@H]3CN(Cc5ccccc5)CCO3)CC4C(=O)OC)cc2)CC1. The third kappa shape index (κ3) is 7.00. The number of aromatic nitrogens is 2. The first kappa shape index (κ1) is 31.1. The summed E-state index contributed by atoms with van der Waals surface area (Å²) in [5.41, 5.74) is 3.74. The smallest absolute Gasteiger partial charge is 0.409 e. The van der Waals surface area contributed by atoms with Crippen molar-refractivity contribution in [2.75, 3.05) is 82.5 Å². The molecule has 2 atom stereocenters. The number of halogens is 1. The molecule has 1 aromatic heterocycles. The number of rotatable bonds is 8. The molecule has 238 valence electrons. The molecule has 0 saturated carbocycles. The number of hydrogen-bond donors (Lipinski definition) is 0. The normalized spacial score (nSPS) is 20.2. The average molecular weight is 635 g/mol. The zero-order valence-electron chi connectivity index (χ0n) is 25.7. The fourth-order valence-corrected chi connectivity index (χ4v) is 6.60. The van der Waals surface area contributed by atoms with Crippen LogP contribution in [0, 0.1) is 0 Å². The zero-order valence-corrected chi connectivity index (χ0v) is 26.5. The summed E-state index contributed by atoms with van der Waals surface area (Å²) < 4.78 is 16.5. The van der Waals surface area contributed by atoms with Crippen molar-refractivity contribution in [2.45, 2.75) is 25.5 Å². The molecule has 11 nitrogen and oxygen atoms in total. The summed E-state index contributed by atoms with van der Waals surface area (Å²) in [6.45, 7) is 8.93. The van der Waals surface area contributed by atoms with E-state index in [4.69, 9.17) is 30.8 Å². The molecule has 3 aliphatic heterocycles. The predicted octanol–water partition coefficient (Wildman–Crippen LogP) is 4.05. The number of anilines is 2. The fourth-order valence-electron chi connectivity index (χ4n) is 6.30. The summed E-state index contributed by atoms with van der Waals surface area (Å²) >= 11 is 6.78. The van der Waals surface area contributed by atoms with E-state index in [1.807, 2.05) is 37.3 Å². The van der Waals surface area contributed by atoms with Crippen LogP contribution in [0.3, 0.4) is 0 Å². The highest BCUT2D eigenvalue weighted by Gasteiger charge is 2.40. The topological polar surface area (TPSA) is 101 Å². The first-order valence-electron chi connectivity index (χ1n) is 15.5. The second-order valence-corrected chi connectivity index (χ2v) is 11.8. The Morgan fingerprint density at radius 3 is 2.44 bits per heavy atom. The van der Waals surface area contributed by atoms with Gasteiger partial charge in [0.05, 0.1) is 26.4 Å². The summed E-state index contributed by atoms with van der Waals surface area (Å²) in [5, 5.41) is 0.252. The quantitative estimate of drug-likeness (QED) is 0.266.